The van der Waals surface area contributed by atoms with Crippen LogP contribution in [0.3, 0.4) is 0 Å². The van der Waals surface area contributed by atoms with Crippen molar-refractivity contribution in [2.75, 3.05) is 20.6 Å². The summed E-state index contributed by atoms with van der Waals surface area (Å²) in [7, 11) is 4.09. The largest absolute Gasteiger partial charge is 0.478 e. The Morgan fingerprint density at radius 2 is 2.12 bits per heavy atom. The number of carbonyl (C=O) groups is 1. The SMILES string of the molecule is CC(C)c1c(C(=O)O)ccn1CCCN(C)C. The van der Waals surface area contributed by atoms with E-state index in [0.717, 1.165) is 25.2 Å². The van der Waals surface area contributed by atoms with Crippen LogP contribution in [0.4, 0.5) is 0 Å². The second kappa shape index (κ2) is 5.87. The Morgan fingerprint density at radius 3 is 2.59 bits per heavy atom. The van der Waals surface area contributed by atoms with Crippen molar-refractivity contribution in [3.63, 3.8) is 0 Å². The predicted octanol–water partition coefficient (Wildman–Crippen LogP) is 2.26. The maximum atomic E-state index is 11.1. The maximum absolute atomic E-state index is 11.1. The third-order valence-corrected chi connectivity index (χ3v) is 2.79. The number of aryl methyl sites for hydroxylation is 1. The van der Waals surface area contributed by atoms with Crippen molar-refractivity contribution in [2.45, 2.75) is 32.7 Å². The van der Waals surface area contributed by atoms with Gasteiger partial charge in [-0.05, 0) is 39.0 Å². The zero-order valence-electron chi connectivity index (χ0n) is 11.1. The van der Waals surface area contributed by atoms with Crippen molar-refractivity contribution >= 4 is 5.97 Å². The van der Waals surface area contributed by atoms with E-state index in [-0.39, 0.29) is 5.92 Å². The van der Waals surface area contributed by atoms with E-state index in [2.05, 4.69) is 9.47 Å². The number of nitrogens with zero attached hydrogens (tertiary/aromatic N) is 2. The molecule has 0 atom stereocenters. The van der Waals surface area contributed by atoms with Crippen LogP contribution in [0.2, 0.25) is 0 Å². The Labute approximate surface area is 103 Å². The van der Waals surface area contributed by atoms with Crippen LogP contribution in [0.25, 0.3) is 0 Å². The maximum Gasteiger partial charge on any atom is 0.337 e. The van der Waals surface area contributed by atoms with Crippen molar-refractivity contribution < 1.29 is 9.90 Å². The summed E-state index contributed by atoms with van der Waals surface area (Å²) >= 11 is 0. The van der Waals surface area contributed by atoms with Crippen molar-refractivity contribution in [3.05, 3.63) is 23.5 Å². The highest BCUT2D eigenvalue weighted by Gasteiger charge is 2.17. The number of aromatic carboxylic acids is 1. The van der Waals surface area contributed by atoms with Gasteiger partial charge in [0, 0.05) is 18.4 Å². The fourth-order valence-corrected chi connectivity index (χ4v) is 2.06. The average Bonchev–Trinajstić information content (AvgIpc) is 2.61. The van der Waals surface area contributed by atoms with Gasteiger partial charge in [-0.3, -0.25) is 0 Å². The van der Waals surface area contributed by atoms with Gasteiger partial charge in [-0.25, -0.2) is 4.79 Å². The molecule has 96 valence electrons. The molecule has 0 aliphatic carbocycles. The molecule has 0 radical (unpaired) electrons. The average molecular weight is 238 g/mol. The third kappa shape index (κ3) is 3.60. The van der Waals surface area contributed by atoms with E-state index in [4.69, 9.17) is 5.11 Å². The lowest BCUT2D eigenvalue weighted by Gasteiger charge is -2.15. The first-order valence-corrected chi connectivity index (χ1v) is 6.00. The molecular formula is C13H22N2O2. The van der Waals surface area contributed by atoms with E-state index in [1.807, 2.05) is 34.1 Å². The lowest BCUT2D eigenvalue weighted by molar-refractivity contribution is 0.0695. The molecule has 0 spiro atoms. The first kappa shape index (κ1) is 13.8. The molecule has 0 saturated heterocycles. The number of rotatable bonds is 6. The molecule has 1 aromatic heterocycles. The van der Waals surface area contributed by atoms with Crippen LogP contribution in [0.1, 0.15) is 42.2 Å². The smallest absolute Gasteiger partial charge is 0.337 e. The Bertz CT molecular complexity index is 381. The molecule has 0 fully saturated rings. The quantitative estimate of drug-likeness (QED) is 0.827. The minimum Gasteiger partial charge on any atom is -0.478 e. The number of hydrogen-bond acceptors (Lipinski definition) is 2. The highest BCUT2D eigenvalue weighted by Crippen LogP contribution is 2.21. The molecule has 0 saturated carbocycles. The lowest BCUT2D eigenvalue weighted by Crippen LogP contribution is -2.16. The minimum atomic E-state index is -0.833. The van der Waals surface area contributed by atoms with Crippen molar-refractivity contribution in [2.24, 2.45) is 0 Å². The molecular weight excluding hydrogens is 216 g/mol. The van der Waals surface area contributed by atoms with Crippen LogP contribution in [-0.4, -0.2) is 41.2 Å². The van der Waals surface area contributed by atoms with Crippen LogP contribution in [0.15, 0.2) is 12.3 Å². The summed E-state index contributed by atoms with van der Waals surface area (Å²) in [5.41, 5.74) is 1.36. The zero-order valence-corrected chi connectivity index (χ0v) is 11.1. The summed E-state index contributed by atoms with van der Waals surface area (Å²) in [4.78, 5) is 13.2. The molecule has 0 aliphatic heterocycles. The van der Waals surface area contributed by atoms with E-state index in [1.54, 1.807) is 6.07 Å². The third-order valence-electron chi connectivity index (χ3n) is 2.79. The highest BCUT2D eigenvalue weighted by molar-refractivity contribution is 5.89. The summed E-state index contributed by atoms with van der Waals surface area (Å²) in [6, 6.07) is 1.70. The number of carboxylic acid groups (broad SMARTS) is 1. The Hall–Kier alpha value is -1.29. The molecule has 1 aromatic rings. The summed E-state index contributed by atoms with van der Waals surface area (Å²) in [5, 5.41) is 9.12. The fourth-order valence-electron chi connectivity index (χ4n) is 2.06. The molecule has 1 rings (SSSR count). The van der Waals surface area contributed by atoms with Crippen LogP contribution in [0, 0.1) is 0 Å². The Kier molecular flexibility index (Phi) is 4.75. The van der Waals surface area contributed by atoms with Gasteiger partial charge in [0.05, 0.1) is 5.56 Å². The van der Waals surface area contributed by atoms with Crippen LogP contribution in [-0.2, 0) is 6.54 Å². The standard InChI is InChI=1S/C13H22N2O2/c1-10(2)12-11(13(16)17)6-9-15(12)8-5-7-14(3)4/h6,9-10H,5,7-8H2,1-4H3,(H,16,17). The molecule has 1 heterocycles. The van der Waals surface area contributed by atoms with Gasteiger partial charge in [0.25, 0.3) is 0 Å². The highest BCUT2D eigenvalue weighted by atomic mass is 16.4. The lowest BCUT2D eigenvalue weighted by atomic mass is 10.1. The van der Waals surface area contributed by atoms with Gasteiger partial charge < -0.3 is 14.6 Å². The van der Waals surface area contributed by atoms with Crippen molar-refractivity contribution in [1.82, 2.24) is 9.47 Å². The molecule has 0 amide bonds. The van der Waals surface area contributed by atoms with E-state index < -0.39 is 5.97 Å². The monoisotopic (exact) mass is 238 g/mol. The van der Waals surface area contributed by atoms with E-state index >= 15 is 0 Å². The molecule has 17 heavy (non-hydrogen) atoms. The molecule has 0 bridgehead atoms. The van der Waals surface area contributed by atoms with Crippen molar-refractivity contribution in [1.29, 1.82) is 0 Å². The zero-order chi connectivity index (χ0) is 13.0. The van der Waals surface area contributed by atoms with Gasteiger partial charge in [-0.15, -0.1) is 0 Å². The summed E-state index contributed by atoms with van der Waals surface area (Å²) in [5.74, 6) is -0.601. The summed E-state index contributed by atoms with van der Waals surface area (Å²) in [6.07, 6.45) is 2.91. The predicted molar refractivity (Wildman–Crippen MR) is 68.7 cm³/mol. The second-order valence-corrected chi connectivity index (χ2v) is 4.92. The van der Waals surface area contributed by atoms with Crippen molar-refractivity contribution in [3.8, 4) is 0 Å². The molecule has 0 aromatic carbocycles. The topological polar surface area (TPSA) is 45.5 Å². The van der Waals surface area contributed by atoms with Crippen LogP contribution < -0.4 is 0 Å². The van der Waals surface area contributed by atoms with Gasteiger partial charge in [0.1, 0.15) is 0 Å². The molecule has 1 N–H and O–H groups in total. The van der Waals surface area contributed by atoms with Gasteiger partial charge in [0.15, 0.2) is 0 Å². The number of carboxylic acids is 1. The van der Waals surface area contributed by atoms with Gasteiger partial charge in [0.2, 0.25) is 0 Å². The second-order valence-electron chi connectivity index (χ2n) is 4.92. The molecule has 0 aliphatic rings. The van der Waals surface area contributed by atoms with E-state index in [0.29, 0.717) is 5.56 Å². The summed E-state index contributed by atoms with van der Waals surface area (Å²) < 4.78 is 2.07. The van der Waals surface area contributed by atoms with Crippen LogP contribution >= 0.6 is 0 Å². The Morgan fingerprint density at radius 1 is 1.47 bits per heavy atom. The Balaban J connectivity index is 2.81. The first-order chi connectivity index (χ1) is 7.93. The minimum absolute atomic E-state index is 0.232. The van der Waals surface area contributed by atoms with E-state index in [9.17, 15) is 4.79 Å². The van der Waals surface area contributed by atoms with Crippen LogP contribution in [0.5, 0.6) is 0 Å². The fraction of sp³-hybridized carbons (Fsp3) is 0.615. The normalized spacial score (nSPS) is 11.4. The first-order valence-electron chi connectivity index (χ1n) is 6.00. The molecule has 4 heteroatoms. The van der Waals surface area contributed by atoms with Gasteiger partial charge in [-0.1, -0.05) is 13.8 Å². The van der Waals surface area contributed by atoms with E-state index in [1.165, 1.54) is 0 Å². The summed E-state index contributed by atoms with van der Waals surface area (Å²) in [6.45, 7) is 5.95. The molecule has 0 unspecified atom stereocenters. The number of hydrogen-bond donors (Lipinski definition) is 1. The van der Waals surface area contributed by atoms with Gasteiger partial charge in [-0.2, -0.15) is 0 Å². The molecule has 4 nitrogen and oxygen atoms in total. The van der Waals surface area contributed by atoms with Gasteiger partial charge >= 0.3 is 5.97 Å². The number of aromatic nitrogens is 1.